The molecule has 2 aliphatic carbocycles. The van der Waals surface area contributed by atoms with Crippen molar-refractivity contribution in [1.82, 2.24) is 14.8 Å². The van der Waals surface area contributed by atoms with Crippen molar-refractivity contribution in [3.05, 3.63) is 34.8 Å². The van der Waals surface area contributed by atoms with Crippen LogP contribution in [0.5, 0.6) is 0 Å². The van der Waals surface area contributed by atoms with Crippen molar-refractivity contribution in [3.63, 3.8) is 0 Å². The molecule has 1 unspecified atom stereocenters. The van der Waals surface area contributed by atoms with Gasteiger partial charge in [-0.3, -0.25) is 4.98 Å². The van der Waals surface area contributed by atoms with E-state index in [4.69, 9.17) is 10.1 Å². The number of anilines is 1. The molecule has 0 bridgehead atoms. The lowest BCUT2D eigenvalue weighted by Crippen LogP contribution is -2.22. The Bertz CT molecular complexity index is 1110. The monoisotopic (exact) mass is 424 g/mol. The van der Waals surface area contributed by atoms with Gasteiger partial charge in [-0.25, -0.2) is 18.8 Å². The number of alkyl halides is 2. The highest BCUT2D eigenvalue weighted by molar-refractivity contribution is 7.91. The maximum absolute atomic E-state index is 13.3. The topological polar surface area (TPSA) is 115 Å². The Morgan fingerprint density at radius 2 is 2.14 bits per heavy atom. The zero-order valence-corrected chi connectivity index (χ0v) is 16.9. The van der Waals surface area contributed by atoms with Gasteiger partial charge in [0.15, 0.2) is 14.9 Å². The zero-order chi connectivity index (χ0) is 21.0. The molecule has 11 heteroatoms. The largest absolute Gasteiger partial charge is 0.354 e. The second-order valence-corrected chi connectivity index (χ2v) is 9.34. The smallest absolute Gasteiger partial charge is 0.305 e. The van der Waals surface area contributed by atoms with Gasteiger partial charge in [-0.15, -0.1) is 4.36 Å². The first kappa shape index (κ1) is 19.9. The predicted octanol–water partition coefficient (Wildman–Crippen LogP) is 3.32. The van der Waals surface area contributed by atoms with E-state index in [0.29, 0.717) is 23.2 Å². The summed E-state index contributed by atoms with van der Waals surface area (Å²) in [6.45, 7) is 2.74. The van der Waals surface area contributed by atoms with Crippen LogP contribution in [0.15, 0.2) is 21.7 Å². The van der Waals surface area contributed by atoms with E-state index in [2.05, 4.69) is 21.7 Å². The average molecular weight is 424 g/mol. The number of aryl methyl sites for hydroxylation is 1. The molecule has 2 aromatic rings. The number of amides is 2. The lowest BCUT2D eigenvalue weighted by molar-refractivity contribution is -0.0732. The summed E-state index contributed by atoms with van der Waals surface area (Å²) in [5.41, 5.74) is 4.62. The van der Waals surface area contributed by atoms with E-state index >= 15 is 0 Å². The van der Waals surface area contributed by atoms with Gasteiger partial charge < -0.3 is 5.32 Å². The molecule has 0 saturated carbocycles. The molecule has 0 aromatic carbocycles. The van der Waals surface area contributed by atoms with Crippen molar-refractivity contribution in [1.29, 1.82) is 0 Å². The lowest BCUT2D eigenvalue weighted by atomic mass is 10.0. The van der Waals surface area contributed by atoms with Crippen molar-refractivity contribution < 1.29 is 17.8 Å². The summed E-state index contributed by atoms with van der Waals surface area (Å²) in [7, 11) is -3.78. The van der Waals surface area contributed by atoms with Gasteiger partial charge in [0.05, 0.1) is 5.69 Å². The number of fused-ring (bicyclic) bond motifs is 2. The summed E-state index contributed by atoms with van der Waals surface area (Å²) >= 11 is 0. The van der Waals surface area contributed by atoms with Crippen molar-refractivity contribution in [2.75, 3.05) is 5.32 Å². The average Bonchev–Trinajstić information content (AvgIpc) is 3.33. The van der Waals surface area contributed by atoms with Crippen LogP contribution < -0.4 is 10.5 Å². The third-order valence-electron chi connectivity index (χ3n) is 5.37. The quantitative estimate of drug-likeness (QED) is 0.786. The third kappa shape index (κ3) is 3.64. The van der Waals surface area contributed by atoms with E-state index in [-0.39, 0.29) is 5.03 Å². The van der Waals surface area contributed by atoms with E-state index in [1.807, 2.05) is 0 Å². The molecule has 0 fully saturated rings. The minimum atomic E-state index is -3.78. The number of rotatable bonds is 3. The first-order chi connectivity index (χ1) is 13.6. The molecule has 29 heavy (non-hydrogen) atoms. The minimum Gasteiger partial charge on any atom is -0.305 e. The summed E-state index contributed by atoms with van der Waals surface area (Å²) in [6.07, 6.45) is 5.29. The fourth-order valence-electron chi connectivity index (χ4n) is 3.93. The Balaban J connectivity index is 1.66. The lowest BCUT2D eigenvalue weighted by Gasteiger charge is -2.15. The Morgan fingerprint density at radius 3 is 2.83 bits per heavy atom. The molecule has 4 rings (SSSR count). The number of nitrogens with two attached hydrogens (primary N) is 1. The molecule has 0 spiro atoms. The van der Waals surface area contributed by atoms with Crippen molar-refractivity contribution in [3.8, 4) is 0 Å². The molecule has 0 aliphatic heterocycles. The number of pyridine rings is 1. The molecule has 0 radical (unpaired) electrons. The number of hydrogen-bond donors (Lipinski definition) is 2. The second kappa shape index (κ2) is 6.84. The van der Waals surface area contributed by atoms with Gasteiger partial charge >= 0.3 is 12.1 Å². The van der Waals surface area contributed by atoms with Crippen molar-refractivity contribution in [2.45, 2.75) is 62.9 Å². The SMILES string of the molecule is C[C@@H]1CCc2c1nc1c(c2NC(=O)N=S(N)(=O)c2ccn(C(C)(F)F)n2)CCC1. The Labute approximate surface area is 167 Å². The van der Waals surface area contributed by atoms with Crippen LogP contribution in [0.2, 0.25) is 0 Å². The Hall–Kier alpha value is -2.40. The molecule has 2 atom stereocenters. The van der Waals surface area contributed by atoms with E-state index in [0.717, 1.165) is 66.9 Å². The molecule has 8 nitrogen and oxygen atoms in total. The minimum absolute atomic E-state index is 0.307. The van der Waals surface area contributed by atoms with Crippen LogP contribution in [0.1, 0.15) is 55.1 Å². The molecule has 3 N–H and O–H groups in total. The van der Waals surface area contributed by atoms with E-state index in [1.54, 1.807) is 0 Å². The van der Waals surface area contributed by atoms with Gasteiger partial charge in [-0.05, 0) is 55.2 Å². The van der Waals surface area contributed by atoms with Gasteiger partial charge in [0.25, 0.3) is 0 Å². The third-order valence-corrected chi connectivity index (χ3v) is 6.62. The molecule has 0 saturated heterocycles. The number of halogens is 2. The van der Waals surface area contributed by atoms with Crippen LogP contribution >= 0.6 is 0 Å². The number of aromatic nitrogens is 3. The number of nitrogens with zero attached hydrogens (tertiary/aromatic N) is 4. The maximum atomic E-state index is 13.3. The molecule has 2 aliphatic rings. The fourth-order valence-corrected chi connectivity index (χ4v) is 4.78. The fraction of sp³-hybridized carbons (Fsp3) is 0.500. The van der Waals surface area contributed by atoms with Gasteiger partial charge in [-0.1, -0.05) is 6.92 Å². The van der Waals surface area contributed by atoms with Crippen molar-refractivity contribution in [2.24, 2.45) is 9.50 Å². The molecule has 156 valence electrons. The standard InChI is InChI=1S/C18H22F2N6O2S/c1-10-6-7-12-15(10)22-13-5-3-4-11(13)16(12)23-17(27)25-29(21,28)14-8-9-26(24-14)18(2,19)20/h8-10H,3-7H2,1-2H3,(H3,21,22,23,25,27,28)/t10-,29?/m1/s1. The number of carbonyl (C=O) groups excluding carboxylic acids is 1. The number of nitrogens with one attached hydrogen (secondary N) is 1. The Kier molecular flexibility index (Phi) is 4.69. The van der Waals surface area contributed by atoms with Crippen LogP contribution in [0.25, 0.3) is 0 Å². The van der Waals surface area contributed by atoms with Gasteiger partial charge in [0, 0.05) is 24.5 Å². The van der Waals surface area contributed by atoms with E-state index < -0.39 is 22.0 Å². The van der Waals surface area contributed by atoms with Crippen molar-refractivity contribution >= 4 is 21.6 Å². The van der Waals surface area contributed by atoms with Crippen LogP contribution in [-0.4, -0.2) is 25.0 Å². The molecule has 2 aromatic heterocycles. The number of hydrogen-bond acceptors (Lipinski definition) is 4. The normalized spacial score (nSPS) is 20.1. The molecular formula is C18H22F2N6O2S. The van der Waals surface area contributed by atoms with Crippen LogP contribution in [0.3, 0.4) is 0 Å². The molecular weight excluding hydrogens is 402 g/mol. The summed E-state index contributed by atoms with van der Waals surface area (Å²) in [5, 5.41) is 11.5. The summed E-state index contributed by atoms with van der Waals surface area (Å²) in [6, 6.07) is -3.11. The summed E-state index contributed by atoms with van der Waals surface area (Å²) in [5.74, 6) is 0.307. The maximum Gasteiger partial charge on any atom is 0.354 e. The van der Waals surface area contributed by atoms with E-state index in [1.165, 1.54) is 0 Å². The number of carbonyl (C=O) groups is 1. The highest BCUT2D eigenvalue weighted by Crippen LogP contribution is 2.41. The zero-order valence-electron chi connectivity index (χ0n) is 16.1. The second-order valence-electron chi connectivity index (χ2n) is 7.60. The first-order valence-corrected chi connectivity index (χ1v) is 11.0. The van der Waals surface area contributed by atoms with Gasteiger partial charge in [0.1, 0.15) is 0 Å². The molecule has 2 heterocycles. The van der Waals surface area contributed by atoms with Crippen LogP contribution in [0.4, 0.5) is 19.3 Å². The summed E-state index contributed by atoms with van der Waals surface area (Å²) < 4.78 is 43.2. The predicted molar refractivity (Wildman–Crippen MR) is 103 cm³/mol. The number of urea groups is 1. The first-order valence-electron chi connectivity index (χ1n) is 9.40. The van der Waals surface area contributed by atoms with Gasteiger partial charge in [-0.2, -0.15) is 13.9 Å². The summed E-state index contributed by atoms with van der Waals surface area (Å²) in [4.78, 5) is 17.3. The highest BCUT2D eigenvalue weighted by atomic mass is 32.2. The van der Waals surface area contributed by atoms with Crippen LogP contribution in [-0.2, 0) is 35.2 Å². The molecule has 2 amide bonds. The highest BCUT2D eigenvalue weighted by Gasteiger charge is 2.30. The van der Waals surface area contributed by atoms with Gasteiger partial charge in [0.2, 0.25) is 0 Å². The van der Waals surface area contributed by atoms with E-state index in [9.17, 15) is 17.8 Å². The van der Waals surface area contributed by atoms with Crippen LogP contribution in [0, 0.1) is 0 Å². The Morgan fingerprint density at radius 1 is 1.38 bits per heavy atom.